The number of morpholine rings is 1. The van der Waals surface area contributed by atoms with Gasteiger partial charge in [0, 0.05) is 18.0 Å². The molecule has 2 rings (SSSR count). The molecule has 1 aliphatic heterocycles. The molecule has 3 nitrogen and oxygen atoms in total. The smallest absolute Gasteiger partial charge is 0.0635 e. The molecule has 0 aromatic rings. The van der Waals surface area contributed by atoms with Crippen molar-refractivity contribution >= 4 is 0 Å². The van der Waals surface area contributed by atoms with Gasteiger partial charge in [0.15, 0.2) is 0 Å². The van der Waals surface area contributed by atoms with Crippen molar-refractivity contribution < 1.29 is 9.84 Å². The number of hydrogen-bond acceptors (Lipinski definition) is 3. The third kappa shape index (κ3) is 2.41. The molecular formula is C13H25NO2. The molecule has 1 aliphatic carbocycles. The minimum absolute atomic E-state index is 0.0608. The topological polar surface area (TPSA) is 41.5 Å². The Balaban J connectivity index is 2.02. The van der Waals surface area contributed by atoms with E-state index in [1.54, 1.807) is 0 Å². The van der Waals surface area contributed by atoms with Crippen molar-refractivity contribution in [2.75, 3.05) is 13.2 Å². The molecule has 3 heteroatoms. The SMILES string of the molecule is CC1COCC(C2CCCC(C)(C)C2O)N1. The fraction of sp³-hybridized carbons (Fsp3) is 1.00. The maximum Gasteiger partial charge on any atom is 0.0635 e. The highest BCUT2D eigenvalue weighted by molar-refractivity contribution is 4.95. The summed E-state index contributed by atoms with van der Waals surface area (Å²) in [6, 6.07) is 0.745. The lowest BCUT2D eigenvalue weighted by Crippen LogP contribution is -2.56. The highest BCUT2D eigenvalue weighted by Gasteiger charge is 2.42. The normalized spacial score (nSPS) is 44.2. The van der Waals surface area contributed by atoms with Crippen LogP contribution in [0.2, 0.25) is 0 Å². The average Bonchev–Trinajstić information content (AvgIpc) is 2.22. The van der Waals surface area contributed by atoms with Crippen LogP contribution in [-0.2, 0) is 4.74 Å². The van der Waals surface area contributed by atoms with Crippen molar-refractivity contribution in [2.45, 2.75) is 58.2 Å². The Morgan fingerprint density at radius 2 is 2.06 bits per heavy atom. The monoisotopic (exact) mass is 227 g/mol. The van der Waals surface area contributed by atoms with E-state index >= 15 is 0 Å². The molecule has 0 spiro atoms. The van der Waals surface area contributed by atoms with Crippen molar-refractivity contribution in [1.29, 1.82) is 0 Å². The van der Waals surface area contributed by atoms with Crippen molar-refractivity contribution in [1.82, 2.24) is 5.32 Å². The predicted octanol–water partition coefficient (Wildman–Crippen LogP) is 1.55. The Morgan fingerprint density at radius 1 is 1.31 bits per heavy atom. The van der Waals surface area contributed by atoms with E-state index in [0.717, 1.165) is 26.1 Å². The molecule has 1 heterocycles. The zero-order valence-electron chi connectivity index (χ0n) is 10.7. The largest absolute Gasteiger partial charge is 0.392 e. The molecule has 4 unspecified atom stereocenters. The molecule has 4 atom stereocenters. The van der Waals surface area contributed by atoms with Crippen molar-refractivity contribution in [3.05, 3.63) is 0 Å². The van der Waals surface area contributed by atoms with E-state index in [0.29, 0.717) is 18.0 Å². The van der Waals surface area contributed by atoms with Gasteiger partial charge in [0.25, 0.3) is 0 Å². The summed E-state index contributed by atoms with van der Waals surface area (Å²) in [5, 5.41) is 14.0. The summed E-state index contributed by atoms with van der Waals surface area (Å²) < 4.78 is 5.59. The van der Waals surface area contributed by atoms with Gasteiger partial charge in [0.2, 0.25) is 0 Å². The third-order valence-electron chi connectivity index (χ3n) is 4.25. The van der Waals surface area contributed by atoms with E-state index in [1.807, 2.05) is 0 Å². The first kappa shape index (κ1) is 12.3. The van der Waals surface area contributed by atoms with Gasteiger partial charge in [-0.2, -0.15) is 0 Å². The summed E-state index contributed by atoms with van der Waals surface area (Å²) in [5.74, 6) is 0.353. The molecule has 0 amide bonds. The standard InChI is InChI=1S/C13H25NO2/c1-9-7-16-8-11(14-9)10-5-4-6-13(2,3)12(10)15/h9-12,14-15H,4-8H2,1-3H3. The van der Waals surface area contributed by atoms with Gasteiger partial charge in [-0.25, -0.2) is 0 Å². The quantitative estimate of drug-likeness (QED) is 0.714. The molecule has 0 aromatic carbocycles. The molecule has 0 aromatic heterocycles. The van der Waals surface area contributed by atoms with E-state index in [4.69, 9.17) is 4.74 Å². The van der Waals surface area contributed by atoms with E-state index in [9.17, 15) is 5.11 Å². The van der Waals surface area contributed by atoms with Gasteiger partial charge < -0.3 is 15.2 Å². The van der Waals surface area contributed by atoms with E-state index < -0.39 is 0 Å². The Morgan fingerprint density at radius 3 is 2.75 bits per heavy atom. The fourth-order valence-corrected chi connectivity index (χ4v) is 3.18. The van der Waals surface area contributed by atoms with Gasteiger partial charge in [0.05, 0.1) is 19.3 Å². The second-order valence-corrected chi connectivity index (χ2v) is 6.20. The zero-order chi connectivity index (χ0) is 11.8. The number of aliphatic hydroxyl groups is 1. The van der Waals surface area contributed by atoms with Gasteiger partial charge in [-0.3, -0.25) is 0 Å². The Kier molecular flexibility index (Phi) is 3.57. The number of hydrogen-bond donors (Lipinski definition) is 2. The Labute approximate surface area is 98.6 Å². The van der Waals surface area contributed by atoms with E-state index in [-0.39, 0.29) is 11.5 Å². The number of rotatable bonds is 1. The molecule has 2 aliphatic rings. The van der Waals surface area contributed by atoms with Crippen molar-refractivity contribution in [3.63, 3.8) is 0 Å². The van der Waals surface area contributed by atoms with Crippen molar-refractivity contribution in [2.24, 2.45) is 11.3 Å². The number of aliphatic hydroxyl groups excluding tert-OH is 1. The average molecular weight is 227 g/mol. The van der Waals surface area contributed by atoms with E-state index in [2.05, 4.69) is 26.1 Å². The van der Waals surface area contributed by atoms with Gasteiger partial charge in [-0.05, 0) is 25.2 Å². The van der Waals surface area contributed by atoms with Crippen LogP contribution in [0.3, 0.4) is 0 Å². The molecule has 0 radical (unpaired) electrons. The lowest BCUT2D eigenvalue weighted by molar-refractivity contribution is -0.0710. The second-order valence-electron chi connectivity index (χ2n) is 6.20. The minimum Gasteiger partial charge on any atom is -0.392 e. The van der Waals surface area contributed by atoms with Crippen LogP contribution in [0.5, 0.6) is 0 Å². The first-order valence-electron chi connectivity index (χ1n) is 6.52. The number of ether oxygens (including phenoxy) is 1. The molecule has 2 fully saturated rings. The van der Waals surface area contributed by atoms with Crippen LogP contribution in [0, 0.1) is 11.3 Å². The summed E-state index contributed by atoms with van der Waals surface area (Å²) in [6.07, 6.45) is 3.28. The Hall–Kier alpha value is -0.120. The van der Waals surface area contributed by atoms with Gasteiger partial charge in [-0.15, -0.1) is 0 Å². The summed E-state index contributed by atoms with van der Waals surface area (Å²) in [4.78, 5) is 0. The van der Waals surface area contributed by atoms with Crippen LogP contribution < -0.4 is 5.32 Å². The van der Waals surface area contributed by atoms with Crippen LogP contribution in [0.25, 0.3) is 0 Å². The zero-order valence-corrected chi connectivity index (χ0v) is 10.7. The maximum atomic E-state index is 10.4. The first-order chi connectivity index (χ1) is 7.50. The molecular weight excluding hydrogens is 202 g/mol. The van der Waals surface area contributed by atoms with Crippen LogP contribution >= 0.6 is 0 Å². The summed E-state index contributed by atoms with van der Waals surface area (Å²) in [6.45, 7) is 8.05. The van der Waals surface area contributed by atoms with Gasteiger partial charge in [0.1, 0.15) is 0 Å². The van der Waals surface area contributed by atoms with Gasteiger partial charge >= 0.3 is 0 Å². The minimum atomic E-state index is -0.201. The maximum absolute atomic E-state index is 10.4. The molecule has 2 N–H and O–H groups in total. The van der Waals surface area contributed by atoms with Crippen LogP contribution in [0.4, 0.5) is 0 Å². The number of nitrogens with one attached hydrogen (secondary N) is 1. The lowest BCUT2D eigenvalue weighted by Gasteiger charge is -2.46. The highest BCUT2D eigenvalue weighted by atomic mass is 16.5. The van der Waals surface area contributed by atoms with Crippen molar-refractivity contribution in [3.8, 4) is 0 Å². The summed E-state index contributed by atoms with van der Waals surface area (Å²) in [5.41, 5.74) is 0.0608. The van der Waals surface area contributed by atoms with Gasteiger partial charge in [-0.1, -0.05) is 20.3 Å². The summed E-state index contributed by atoms with van der Waals surface area (Å²) >= 11 is 0. The molecule has 0 bridgehead atoms. The predicted molar refractivity (Wildman–Crippen MR) is 64.3 cm³/mol. The molecule has 1 saturated heterocycles. The van der Waals surface area contributed by atoms with E-state index in [1.165, 1.54) is 6.42 Å². The fourth-order valence-electron chi connectivity index (χ4n) is 3.18. The van der Waals surface area contributed by atoms with Crippen LogP contribution in [0.1, 0.15) is 40.0 Å². The highest BCUT2D eigenvalue weighted by Crippen LogP contribution is 2.40. The van der Waals surface area contributed by atoms with Crippen LogP contribution in [0.15, 0.2) is 0 Å². The second kappa shape index (κ2) is 4.63. The molecule has 16 heavy (non-hydrogen) atoms. The van der Waals surface area contributed by atoms with Crippen LogP contribution in [-0.4, -0.2) is 36.5 Å². The lowest BCUT2D eigenvalue weighted by atomic mass is 9.67. The molecule has 94 valence electrons. The Bertz CT molecular complexity index is 242. The molecule has 1 saturated carbocycles. The summed E-state index contributed by atoms with van der Waals surface area (Å²) in [7, 11) is 0. The first-order valence-corrected chi connectivity index (χ1v) is 6.52. The third-order valence-corrected chi connectivity index (χ3v) is 4.25.